The Kier molecular flexibility index (Phi) is 6.02. The fourth-order valence-electron chi connectivity index (χ4n) is 8.98. The Labute approximate surface area is 310 Å². The van der Waals surface area contributed by atoms with Crippen molar-refractivity contribution in [2.24, 2.45) is 0 Å². The van der Waals surface area contributed by atoms with E-state index in [2.05, 4.69) is 174 Å². The van der Waals surface area contributed by atoms with Gasteiger partial charge in [0.1, 0.15) is 11.2 Å². The molecule has 0 N–H and O–H groups in total. The molecule has 246 valence electrons. The minimum atomic E-state index is 0.103. The lowest BCUT2D eigenvalue weighted by atomic mass is 9.33. The lowest BCUT2D eigenvalue weighted by molar-refractivity contribution is 0.669. The number of anilines is 6. The molecule has 0 amide bonds. The zero-order valence-electron chi connectivity index (χ0n) is 28.5. The molecule has 53 heavy (non-hydrogen) atoms. The molecule has 0 spiro atoms. The van der Waals surface area contributed by atoms with Crippen molar-refractivity contribution in [1.29, 1.82) is 0 Å². The normalized spacial score (nSPS) is 13.2. The van der Waals surface area contributed by atoms with E-state index in [0.29, 0.717) is 0 Å². The molecule has 2 aliphatic heterocycles. The second-order valence-electron chi connectivity index (χ2n) is 14.1. The van der Waals surface area contributed by atoms with Crippen molar-refractivity contribution < 1.29 is 4.42 Å². The highest BCUT2D eigenvalue weighted by Gasteiger charge is 2.42. The Balaban J connectivity index is 1.06. The number of hydrogen-bond donors (Lipinski definition) is 0. The van der Waals surface area contributed by atoms with Gasteiger partial charge in [0.2, 0.25) is 0 Å². The molecular weight excluding hydrogens is 663 g/mol. The van der Waals surface area contributed by atoms with Gasteiger partial charge in [-0.1, -0.05) is 97.1 Å². The van der Waals surface area contributed by atoms with E-state index < -0.39 is 0 Å². The Morgan fingerprint density at radius 1 is 0.396 bits per heavy atom. The van der Waals surface area contributed by atoms with Crippen LogP contribution in [0.1, 0.15) is 0 Å². The molecule has 3 nitrogen and oxygen atoms in total. The molecule has 0 bridgehead atoms. The van der Waals surface area contributed by atoms with Crippen LogP contribution < -0.4 is 26.2 Å². The third kappa shape index (κ3) is 4.17. The van der Waals surface area contributed by atoms with Crippen molar-refractivity contribution in [1.82, 2.24) is 0 Å². The largest absolute Gasteiger partial charge is 0.456 e. The fourth-order valence-corrected chi connectivity index (χ4v) is 10.1. The third-order valence-corrected chi connectivity index (χ3v) is 12.4. The van der Waals surface area contributed by atoms with E-state index in [9.17, 15) is 0 Å². The number of nitrogens with zero attached hydrogens (tertiary/aromatic N) is 2. The molecule has 0 unspecified atom stereocenters. The molecule has 5 heteroatoms. The highest BCUT2D eigenvalue weighted by atomic mass is 32.1. The Morgan fingerprint density at radius 3 is 1.81 bits per heavy atom. The van der Waals surface area contributed by atoms with Crippen molar-refractivity contribution >= 4 is 111 Å². The second-order valence-corrected chi connectivity index (χ2v) is 15.2. The maximum atomic E-state index is 6.17. The first-order valence-corrected chi connectivity index (χ1v) is 18.9. The van der Waals surface area contributed by atoms with Crippen LogP contribution in [0.25, 0.3) is 53.2 Å². The van der Waals surface area contributed by atoms with E-state index in [-0.39, 0.29) is 6.71 Å². The van der Waals surface area contributed by atoms with Gasteiger partial charge in [0, 0.05) is 65.1 Å². The number of para-hydroxylation sites is 3. The molecule has 0 aliphatic carbocycles. The van der Waals surface area contributed by atoms with Gasteiger partial charge in [0.25, 0.3) is 6.71 Å². The molecule has 0 saturated heterocycles. The van der Waals surface area contributed by atoms with Crippen LogP contribution in [0.4, 0.5) is 34.1 Å². The van der Waals surface area contributed by atoms with Gasteiger partial charge in [-0.05, 0) is 106 Å². The van der Waals surface area contributed by atoms with Gasteiger partial charge in [0.15, 0.2) is 0 Å². The first-order valence-electron chi connectivity index (χ1n) is 18.1. The number of rotatable bonds is 3. The topological polar surface area (TPSA) is 19.6 Å². The molecule has 10 aromatic rings. The van der Waals surface area contributed by atoms with E-state index in [1.165, 1.54) is 76.1 Å². The highest BCUT2D eigenvalue weighted by Crippen LogP contribution is 2.46. The standard InChI is InChI=1S/C48H29BN2OS/c1-7-21-44-34(13-1)36-28-31(23-25-45(36)52-44)30-11-9-12-32(27-30)50-40-17-5-3-15-38(40)49-39-16-4-6-18-41(39)51(43-20-10-19-42(50)48(43)49)33-24-26-47-37(29-33)35-14-2-8-22-46(35)53-47/h1-29H. The number of benzene rings is 8. The molecule has 0 fully saturated rings. The molecule has 4 heterocycles. The first kappa shape index (κ1) is 29.1. The predicted octanol–water partition coefficient (Wildman–Crippen LogP) is 11.7. The van der Waals surface area contributed by atoms with E-state index in [4.69, 9.17) is 4.42 Å². The molecular formula is C48H29BN2OS. The number of fused-ring (bicyclic) bond motifs is 10. The number of thiophene rings is 1. The van der Waals surface area contributed by atoms with Crippen molar-refractivity contribution in [3.63, 3.8) is 0 Å². The molecule has 2 aliphatic rings. The summed E-state index contributed by atoms with van der Waals surface area (Å²) < 4.78 is 8.80. The Bertz CT molecular complexity index is 3120. The monoisotopic (exact) mass is 692 g/mol. The third-order valence-electron chi connectivity index (χ3n) is 11.2. The summed E-state index contributed by atoms with van der Waals surface area (Å²) in [6, 6.07) is 64.4. The summed E-state index contributed by atoms with van der Waals surface area (Å²) >= 11 is 1.86. The first-order chi connectivity index (χ1) is 26.3. The SMILES string of the molecule is c1cc(-c2ccc3oc4ccccc4c3c2)cc(N2c3ccccc3B3c4ccccc4N(c4ccc5sc6ccccc6c5c4)c4cccc2c43)c1. The summed E-state index contributed by atoms with van der Waals surface area (Å²) in [6.07, 6.45) is 0. The molecule has 0 radical (unpaired) electrons. The van der Waals surface area contributed by atoms with Gasteiger partial charge in [-0.15, -0.1) is 11.3 Å². The van der Waals surface area contributed by atoms with Crippen LogP contribution in [0.2, 0.25) is 0 Å². The zero-order valence-corrected chi connectivity index (χ0v) is 29.3. The van der Waals surface area contributed by atoms with Crippen LogP contribution in [0.3, 0.4) is 0 Å². The quantitative estimate of drug-likeness (QED) is 0.172. The minimum absolute atomic E-state index is 0.103. The van der Waals surface area contributed by atoms with Gasteiger partial charge in [-0.3, -0.25) is 0 Å². The van der Waals surface area contributed by atoms with Crippen LogP contribution >= 0.6 is 11.3 Å². The van der Waals surface area contributed by atoms with E-state index in [0.717, 1.165) is 27.6 Å². The summed E-state index contributed by atoms with van der Waals surface area (Å²) in [7, 11) is 0. The number of furan rings is 1. The highest BCUT2D eigenvalue weighted by molar-refractivity contribution is 7.25. The zero-order chi connectivity index (χ0) is 34.6. The van der Waals surface area contributed by atoms with Crippen LogP contribution in [0.15, 0.2) is 180 Å². The smallest absolute Gasteiger partial charge is 0.252 e. The molecule has 12 rings (SSSR count). The Morgan fingerprint density at radius 2 is 1.00 bits per heavy atom. The van der Waals surface area contributed by atoms with Gasteiger partial charge in [-0.2, -0.15) is 0 Å². The Hall–Kier alpha value is -6.56. The summed E-state index contributed by atoms with van der Waals surface area (Å²) in [4.78, 5) is 4.96. The summed E-state index contributed by atoms with van der Waals surface area (Å²) in [5, 5.41) is 4.90. The maximum Gasteiger partial charge on any atom is 0.252 e. The summed E-state index contributed by atoms with van der Waals surface area (Å²) in [5.74, 6) is 0. The number of hydrogen-bond acceptors (Lipinski definition) is 4. The van der Waals surface area contributed by atoms with Crippen molar-refractivity contribution in [2.75, 3.05) is 9.80 Å². The lowest BCUT2D eigenvalue weighted by Gasteiger charge is -2.44. The average molecular weight is 693 g/mol. The van der Waals surface area contributed by atoms with Gasteiger partial charge in [0.05, 0.1) is 0 Å². The van der Waals surface area contributed by atoms with E-state index in [1.54, 1.807) is 0 Å². The van der Waals surface area contributed by atoms with Crippen molar-refractivity contribution in [2.45, 2.75) is 0 Å². The molecule has 2 aromatic heterocycles. The maximum absolute atomic E-state index is 6.17. The van der Waals surface area contributed by atoms with E-state index in [1.807, 2.05) is 23.5 Å². The molecule has 0 atom stereocenters. The lowest BCUT2D eigenvalue weighted by Crippen LogP contribution is -2.61. The van der Waals surface area contributed by atoms with Gasteiger partial charge in [-0.25, -0.2) is 0 Å². The summed E-state index contributed by atoms with van der Waals surface area (Å²) in [5.41, 5.74) is 15.3. The summed E-state index contributed by atoms with van der Waals surface area (Å²) in [6.45, 7) is 0.103. The van der Waals surface area contributed by atoms with Crippen LogP contribution in [0.5, 0.6) is 0 Å². The predicted molar refractivity (Wildman–Crippen MR) is 226 cm³/mol. The molecule has 0 saturated carbocycles. The second kappa shape index (κ2) is 11.0. The van der Waals surface area contributed by atoms with Gasteiger partial charge < -0.3 is 14.2 Å². The van der Waals surface area contributed by atoms with Gasteiger partial charge >= 0.3 is 0 Å². The van der Waals surface area contributed by atoms with Crippen molar-refractivity contribution in [3.05, 3.63) is 176 Å². The van der Waals surface area contributed by atoms with E-state index >= 15 is 0 Å². The average Bonchev–Trinajstić information content (AvgIpc) is 3.78. The van der Waals surface area contributed by atoms with Crippen molar-refractivity contribution in [3.8, 4) is 11.1 Å². The van der Waals surface area contributed by atoms with Crippen LogP contribution in [-0.2, 0) is 0 Å². The van der Waals surface area contributed by atoms with Crippen LogP contribution in [-0.4, -0.2) is 6.71 Å². The minimum Gasteiger partial charge on any atom is -0.456 e. The van der Waals surface area contributed by atoms with Crippen LogP contribution in [0, 0.1) is 0 Å². The molecule has 8 aromatic carbocycles. The fraction of sp³-hybridized carbons (Fsp3) is 0.